The number of pyridine rings is 1. The number of carbonyl (C=O) groups excluding carboxylic acids is 1. The Kier molecular flexibility index (Phi) is 2.50. The van der Waals surface area contributed by atoms with Gasteiger partial charge in [-0.05, 0) is 17.0 Å². The van der Waals surface area contributed by atoms with Gasteiger partial charge in [0.15, 0.2) is 6.29 Å². The fraction of sp³-hybridized carbons (Fsp3) is 0.286. The van der Waals surface area contributed by atoms with Gasteiger partial charge in [-0.25, -0.2) is 4.98 Å². The Balaban J connectivity index is 2.79. The van der Waals surface area contributed by atoms with Crippen molar-refractivity contribution < 1.29 is 4.79 Å². The molecule has 16 heavy (non-hydrogen) atoms. The first-order chi connectivity index (χ1) is 7.52. The van der Waals surface area contributed by atoms with E-state index >= 15 is 0 Å². The first-order valence-corrected chi connectivity index (χ1v) is 5.38. The number of benzene rings is 1. The second kappa shape index (κ2) is 3.71. The summed E-state index contributed by atoms with van der Waals surface area (Å²) in [7, 11) is 0. The molecule has 0 bridgehead atoms. The summed E-state index contributed by atoms with van der Waals surface area (Å²) in [5.41, 5.74) is 2.63. The zero-order chi connectivity index (χ0) is 11.8. The van der Waals surface area contributed by atoms with Gasteiger partial charge in [-0.15, -0.1) is 0 Å². The van der Waals surface area contributed by atoms with Crippen molar-refractivity contribution in [2.75, 3.05) is 0 Å². The maximum absolute atomic E-state index is 10.7. The molecule has 2 rings (SSSR count). The molecule has 1 aromatic carbocycles. The van der Waals surface area contributed by atoms with Crippen LogP contribution in [0.4, 0.5) is 0 Å². The van der Waals surface area contributed by atoms with Crippen LogP contribution in [-0.4, -0.2) is 11.3 Å². The van der Waals surface area contributed by atoms with Gasteiger partial charge in [0, 0.05) is 5.39 Å². The van der Waals surface area contributed by atoms with E-state index in [0.717, 1.165) is 17.2 Å². The Morgan fingerprint density at radius 2 is 1.88 bits per heavy atom. The molecule has 0 saturated carbocycles. The van der Waals surface area contributed by atoms with Crippen LogP contribution in [0.2, 0.25) is 0 Å². The van der Waals surface area contributed by atoms with E-state index in [0.29, 0.717) is 5.69 Å². The molecule has 0 atom stereocenters. The number of hydrogen-bond acceptors (Lipinski definition) is 2. The Morgan fingerprint density at radius 1 is 1.12 bits per heavy atom. The van der Waals surface area contributed by atoms with Crippen molar-refractivity contribution in [3.8, 4) is 0 Å². The summed E-state index contributed by atoms with van der Waals surface area (Å²) in [4.78, 5) is 15.1. The Bertz CT molecular complexity index is 538. The highest BCUT2D eigenvalue weighted by atomic mass is 16.1. The lowest BCUT2D eigenvalue weighted by Gasteiger charge is -2.20. The van der Waals surface area contributed by atoms with Crippen LogP contribution in [0.3, 0.4) is 0 Å². The Labute approximate surface area is 95.3 Å². The lowest BCUT2D eigenvalue weighted by molar-refractivity contribution is 0.111. The average molecular weight is 213 g/mol. The summed E-state index contributed by atoms with van der Waals surface area (Å²) < 4.78 is 0. The van der Waals surface area contributed by atoms with Gasteiger partial charge in [-0.2, -0.15) is 0 Å². The van der Waals surface area contributed by atoms with Crippen molar-refractivity contribution in [1.29, 1.82) is 0 Å². The smallest absolute Gasteiger partial charge is 0.168 e. The number of hydrogen-bond donors (Lipinski definition) is 0. The minimum atomic E-state index is 0.0357. The van der Waals surface area contributed by atoms with Gasteiger partial charge in [0.2, 0.25) is 0 Å². The molecule has 0 aliphatic heterocycles. The number of para-hydroxylation sites is 1. The van der Waals surface area contributed by atoms with E-state index in [1.54, 1.807) is 6.07 Å². The summed E-state index contributed by atoms with van der Waals surface area (Å²) in [6.45, 7) is 6.45. The first kappa shape index (κ1) is 10.8. The summed E-state index contributed by atoms with van der Waals surface area (Å²) in [6.07, 6.45) is 0.791. The van der Waals surface area contributed by atoms with Gasteiger partial charge in [-0.3, -0.25) is 4.79 Å². The number of aldehydes is 1. The molecular formula is C14H15NO. The summed E-state index contributed by atoms with van der Waals surface area (Å²) in [5.74, 6) is 0. The predicted octanol–water partition coefficient (Wildman–Crippen LogP) is 3.34. The second-order valence-electron chi connectivity index (χ2n) is 4.98. The van der Waals surface area contributed by atoms with Crippen molar-refractivity contribution >= 4 is 17.2 Å². The van der Waals surface area contributed by atoms with Gasteiger partial charge < -0.3 is 0 Å². The fourth-order valence-corrected chi connectivity index (χ4v) is 1.83. The van der Waals surface area contributed by atoms with E-state index in [2.05, 4.69) is 31.8 Å². The lowest BCUT2D eigenvalue weighted by atomic mass is 9.85. The van der Waals surface area contributed by atoms with Crippen molar-refractivity contribution in [2.45, 2.75) is 26.2 Å². The molecule has 0 spiro atoms. The SMILES string of the molecule is CC(C)(C)c1cccc2ccc(C=O)nc12. The van der Waals surface area contributed by atoms with E-state index in [9.17, 15) is 4.79 Å². The highest BCUT2D eigenvalue weighted by molar-refractivity contribution is 5.86. The van der Waals surface area contributed by atoms with Crippen molar-refractivity contribution in [3.63, 3.8) is 0 Å². The van der Waals surface area contributed by atoms with Gasteiger partial charge in [0.25, 0.3) is 0 Å². The lowest BCUT2D eigenvalue weighted by Crippen LogP contribution is -2.12. The number of nitrogens with zero attached hydrogens (tertiary/aromatic N) is 1. The highest BCUT2D eigenvalue weighted by Gasteiger charge is 2.17. The molecule has 0 N–H and O–H groups in total. The third-order valence-corrected chi connectivity index (χ3v) is 2.67. The van der Waals surface area contributed by atoms with Crippen molar-refractivity contribution in [3.05, 3.63) is 41.6 Å². The molecular weight excluding hydrogens is 198 g/mol. The van der Waals surface area contributed by atoms with Gasteiger partial charge >= 0.3 is 0 Å². The Morgan fingerprint density at radius 3 is 2.50 bits per heavy atom. The number of rotatable bonds is 1. The molecule has 2 aromatic rings. The minimum Gasteiger partial charge on any atom is -0.296 e. The number of aromatic nitrogens is 1. The fourth-order valence-electron chi connectivity index (χ4n) is 1.83. The van der Waals surface area contributed by atoms with E-state index in [-0.39, 0.29) is 5.41 Å². The van der Waals surface area contributed by atoms with Gasteiger partial charge in [0.1, 0.15) is 5.69 Å². The normalized spacial score (nSPS) is 11.7. The van der Waals surface area contributed by atoms with E-state index in [1.807, 2.05) is 18.2 Å². The van der Waals surface area contributed by atoms with E-state index in [1.165, 1.54) is 5.56 Å². The molecule has 0 radical (unpaired) electrons. The molecule has 1 aromatic heterocycles. The maximum atomic E-state index is 10.7. The molecule has 0 saturated heterocycles. The third-order valence-electron chi connectivity index (χ3n) is 2.67. The largest absolute Gasteiger partial charge is 0.296 e. The van der Waals surface area contributed by atoms with Crippen LogP contribution in [0.5, 0.6) is 0 Å². The predicted molar refractivity (Wildman–Crippen MR) is 65.8 cm³/mol. The topological polar surface area (TPSA) is 30.0 Å². The summed E-state index contributed by atoms with van der Waals surface area (Å²) in [5, 5.41) is 1.08. The van der Waals surface area contributed by atoms with Gasteiger partial charge in [0.05, 0.1) is 5.52 Å². The average Bonchev–Trinajstić information content (AvgIpc) is 2.26. The van der Waals surface area contributed by atoms with Crippen LogP contribution in [0, 0.1) is 0 Å². The van der Waals surface area contributed by atoms with Crippen LogP contribution in [0.1, 0.15) is 36.8 Å². The Hall–Kier alpha value is -1.70. The zero-order valence-corrected chi connectivity index (χ0v) is 9.82. The molecule has 0 fully saturated rings. The zero-order valence-electron chi connectivity index (χ0n) is 9.82. The number of carbonyl (C=O) groups is 1. The molecule has 2 heteroatoms. The second-order valence-corrected chi connectivity index (χ2v) is 4.98. The van der Waals surface area contributed by atoms with Gasteiger partial charge in [-0.1, -0.05) is 45.0 Å². The quantitative estimate of drug-likeness (QED) is 0.680. The van der Waals surface area contributed by atoms with Crippen LogP contribution in [-0.2, 0) is 5.41 Å². The molecule has 82 valence electrons. The van der Waals surface area contributed by atoms with Crippen LogP contribution in [0.25, 0.3) is 10.9 Å². The molecule has 2 nitrogen and oxygen atoms in total. The number of fused-ring (bicyclic) bond motifs is 1. The molecule has 0 aliphatic carbocycles. The van der Waals surface area contributed by atoms with E-state index < -0.39 is 0 Å². The maximum Gasteiger partial charge on any atom is 0.168 e. The van der Waals surface area contributed by atoms with Crippen molar-refractivity contribution in [1.82, 2.24) is 4.98 Å². The van der Waals surface area contributed by atoms with Crippen LogP contribution < -0.4 is 0 Å². The standard InChI is InChI=1S/C14H15NO/c1-14(2,3)12-6-4-5-10-7-8-11(9-16)15-13(10)12/h4-9H,1-3H3. The first-order valence-electron chi connectivity index (χ1n) is 5.38. The molecule has 1 heterocycles. The van der Waals surface area contributed by atoms with Crippen LogP contribution >= 0.6 is 0 Å². The summed E-state index contributed by atoms with van der Waals surface area (Å²) in [6, 6.07) is 9.82. The minimum absolute atomic E-state index is 0.0357. The van der Waals surface area contributed by atoms with E-state index in [4.69, 9.17) is 0 Å². The van der Waals surface area contributed by atoms with Crippen LogP contribution in [0.15, 0.2) is 30.3 Å². The monoisotopic (exact) mass is 213 g/mol. The van der Waals surface area contributed by atoms with Crippen molar-refractivity contribution in [2.24, 2.45) is 0 Å². The highest BCUT2D eigenvalue weighted by Crippen LogP contribution is 2.28. The molecule has 0 amide bonds. The molecule has 0 aliphatic rings. The third kappa shape index (κ3) is 1.83. The molecule has 0 unspecified atom stereocenters. The summed E-state index contributed by atoms with van der Waals surface area (Å²) >= 11 is 0.